The van der Waals surface area contributed by atoms with Gasteiger partial charge in [-0.25, -0.2) is 4.79 Å². The van der Waals surface area contributed by atoms with Crippen LogP contribution in [0.3, 0.4) is 0 Å². The molecule has 0 aliphatic rings. The number of hydrogen-bond acceptors (Lipinski definition) is 3. The molecular weight excluding hydrogens is 270 g/mol. The van der Waals surface area contributed by atoms with E-state index >= 15 is 0 Å². The van der Waals surface area contributed by atoms with E-state index in [1.165, 1.54) is 0 Å². The van der Waals surface area contributed by atoms with Crippen LogP contribution < -0.4 is 10.1 Å². The van der Waals surface area contributed by atoms with Gasteiger partial charge in [-0.1, -0.05) is 13.8 Å². The van der Waals surface area contributed by atoms with E-state index in [0.717, 1.165) is 16.9 Å². The van der Waals surface area contributed by atoms with E-state index in [2.05, 4.69) is 5.32 Å². The number of carbonyl (C=O) groups is 2. The van der Waals surface area contributed by atoms with Gasteiger partial charge in [-0.3, -0.25) is 4.79 Å². The molecule has 0 saturated heterocycles. The van der Waals surface area contributed by atoms with Crippen LogP contribution in [0, 0.1) is 19.8 Å². The number of benzene rings is 1. The summed E-state index contributed by atoms with van der Waals surface area (Å²) in [5.74, 6) is -0.467. The molecule has 0 bridgehead atoms. The summed E-state index contributed by atoms with van der Waals surface area (Å²) in [7, 11) is 1.58. The number of carbonyl (C=O) groups excluding carboxylic acids is 1. The summed E-state index contributed by atoms with van der Waals surface area (Å²) in [6, 6.07) is 2.53. The fourth-order valence-electron chi connectivity index (χ4n) is 2.34. The molecule has 0 radical (unpaired) electrons. The minimum atomic E-state index is -1.01. The molecule has 0 fully saturated rings. The molecule has 1 atom stereocenters. The molecule has 1 aromatic carbocycles. The zero-order valence-electron chi connectivity index (χ0n) is 13.2. The number of rotatable bonds is 6. The number of carboxylic acids is 1. The molecule has 1 rings (SSSR count). The Labute approximate surface area is 125 Å². The minimum absolute atomic E-state index is 0.186. The smallest absolute Gasteiger partial charge is 0.326 e. The van der Waals surface area contributed by atoms with Crippen LogP contribution in [0.15, 0.2) is 12.1 Å². The Balaban J connectivity index is 2.95. The van der Waals surface area contributed by atoms with Gasteiger partial charge < -0.3 is 15.2 Å². The number of aliphatic carboxylic acids is 1. The Kier molecular flexibility index (Phi) is 5.76. The van der Waals surface area contributed by atoms with Crippen molar-refractivity contribution in [2.45, 2.75) is 40.2 Å². The molecule has 1 aromatic rings. The molecule has 21 heavy (non-hydrogen) atoms. The lowest BCUT2D eigenvalue weighted by molar-refractivity contribution is -0.139. The van der Waals surface area contributed by atoms with Gasteiger partial charge in [-0.15, -0.1) is 0 Å². The molecule has 0 spiro atoms. The van der Waals surface area contributed by atoms with E-state index in [4.69, 9.17) is 4.74 Å². The standard InChI is InChI=1S/C16H23NO4/c1-9(2)6-13(16(19)20)17-15(18)12-7-10(3)14(21-5)11(4)8-12/h7-9,13H,6H2,1-5H3,(H,17,18)(H,19,20)/t13-/m1/s1. The number of ether oxygens (including phenoxy) is 1. The predicted octanol–water partition coefficient (Wildman–Crippen LogP) is 2.54. The number of methoxy groups -OCH3 is 1. The predicted molar refractivity (Wildman–Crippen MR) is 80.8 cm³/mol. The highest BCUT2D eigenvalue weighted by atomic mass is 16.5. The summed E-state index contributed by atoms with van der Waals surface area (Å²) in [6.45, 7) is 7.55. The summed E-state index contributed by atoms with van der Waals surface area (Å²) < 4.78 is 5.26. The molecule has 1 amide bonds. The van der Waals surface area contributed by atoms with Crippen molar-refractivity contribution in [3.63, 3.8) is 0 Å². The second kappa shape index (κ2) is 7.11. The van der Waals surface area contributed by atoms with Crippen LogP contribution >= 0.6 is 0 Å². The first-order chi connectivity index (χ1) is 9.76. The van der Waals surface area contributed by atoms with Crippen molar-refractivity contribution in [3.8, 4) is 5.75 Å². The Hall–Kier alpha value is -2.04. The zero-order chi connectivity index (χ0) is 16.2. The van der Waals surface area contributed by atoms with Gasteiger partial charge in [-0.2, -0.15) is 0 Å². The van der Waals surface area contributed by atoms with Crippen molar-refractivity contribution in [2.24, 2.45) is 5.92 Å². The van der Waals surface area contributed by atoms with Crippen LogP contribution in [0.1, 0.15) is 41.8 Å². The van der Waals surface area contributed by atoms with Gasteiger partial charge in [0, 0.05) is 5.56 Å². The average molecular weight is 293 g/mol. The summed E-state index contributed by atoms with van der Waals surface area (Å²) >= 11 is 0. The third-order valence-electron chi connectivity index (χ3n) is 3.24. The lowest BCUT2D eigenvalue weighted by atomic mass is 10.0. The Bertz CT molecular complexity index is 514. The number of nitrogens with one attached hydrogen (secondary N) is 1. The quantitative estimate of drug-likeness (QED) is 0.845. The first-order valence-corrected chi connectivity index (χ1v) is 6.95. The van der Waals surface area contributed by atoms with Crippen LogP contribution in [-0.2, 0) is 4.79 Å². The fraction of sp³-hybridized carbons (Fsp3) is 0.500. The van der Waals surface area contributed by atoms with Gasteiger partial charge >= 0.3 is 5.97 Å². The highest BCUT2D eigenvalue weighted by molar-refractivity contribution is 5.97. The van der Waals surface area contributed by atoms with Crippen LogP contribution in [0.2, 0.25) is 0 Å². The van der Waals surface area contributed by atoms with Crippen molar-refractivity contribution in [3.05, 3.63) is 28.8 Å². The molecule has 0 aromatic heterocycles. The second-order valence-corrected chi connectivity index (χ2v) is 5.64. The number of hydrogen-bond donors (Lipinski definition) is 2. The van der Waals surface area contributed by atoms with Gasteiger partial charge in [0.1, 0.15) is 11.8 Å². The van der Waals surface area contributed by atoms with Crippen molar-refractivity contribution in [1.29, 1.82) is 0 Å². The highest BCUT2D eigenvalue weighted by Crippen LogP contribution is 2.24. The first-order valence-electron chi connectivity index (χ1n) is 6.95. The Morgan fingerprint density at radius 1 is 1.24 bits per heavy atom. The highest BCUT2D eigenvalue weighted by Gasteiger charge is 2.22. The summed E-state index contributed by atoms with van der Waals surface area (Å²) in [5, 5.41) is 11.8. The van der Waals surface area contributed by atoms with Crippen LogP contribution in [0.4, 0.5) is 0 Å². The maximum atomic E-state index is 12.2. The molecular formula is C16H23NO4. The van der Waals surface area contributed by atoms with E-state index in [0.29, 0.717) is 12.0 Å². The van der Waals surface area contributed by atoms with Gasteiger partial charge in [0.15, 0.2) is 0 Å². The monoisotopic (exact) mass is 293 g/mol. The topological polar surface area (TPSA) is 75.6 Å². The molecule has 5 heteroatoms. The first kappa shape index (κ1) is 17.0. The molecule has 0 saturated carbocycles. The fourth-order valence-corrected chi connectivity index (χ4v) is 2.34. The van der Waals surface area contributed by atoms with E-state index in [1.807, 2.05) is 27.7 Å². The molecule has 0 aliphatic heterocycles. The van der Waals surface area contributed by atoms with E-state index in [9.17, 15) is 14.7 Å². The molecule has 0 unspecified atom stereocenters. The van der Waals surface area contributed by atoms with Gasteiger partial charge in [-0.05, 0) is 49.4 Å². The average Bonchev–Trinajstić information content (AvgIpc) is 2.36. The molecule has 2 N–H and O–H groups in total. The molecule has 5 nitrogen and oxygen atoms in total. The lowest BCUT2D eigenvalue weighted by Gasteiger charge is -2.17. The van der Waals surface area contributed by atoms with Crippen molar-refractivity contribution in [1.82, 2.24) is 5.32 Å². The van der Waals surface area contributed by atoms with Gasteiger partial charge in [0.25, 0.3) is 5.91 Å². The van der Waals surface area contributed by atoms with Gasteiger partial charge in [0.05, 0.1) is 7.11 Å². The normalized spacial score (nSPS) is 12.1. The molecule has 0 aliphatic carbocycles. The SMILES string of the molecule is COc1c(C)cc(C(=O)N[C@H](CC(C)C)C(=O)O)cc1C. The van der Waals surface area contributed by atoms with Crippen LogP contribution in [0.25, 0.3) is 0 Å². The van der Waals surface area contributed by atoms with Crippen LogP contribution in [-0.4, -0.2) is 30.1 Å². The van der Waals surface area contributed by atoms with E-state index < -0.39 is 12.0 Å². The number of carboxylic acid groups (broad SMARTS) is 1. The van der Waals surface area contributed by atoms with Gasteiger partial charge in [0.2, 0.25) is 0 Å². The zero-order valence-corrected chi connectivity index (χ0v) is 13.2. The second-order valence-electron chi connectivity index (χ2n) is 5.64. The lowest BCUT2D eigenvalue weighted by Crippen LogP contribution is -2.41. The van der Waals surface area contributed by atoms with E-state index in [1.54, 1.807) is 19.2 Å². The largest absolute Gasteiger partial charge is 0.496 e. The molecule has 116 valence electrons. The Morgan fingerprint density at radius 3 is 2.14 bits per heavy atom. The summed E-state index contributed by atoms with van der Waals surface area (Å²) in [6.07, 6.45) is 0.398. The number of amides is 1. The number of aryl methyl sites for hydroxylation is 2. The van der Waals surface area contributed by atoms with Crippen LogP contribution in [0.5, 0.6) is 5.75 Å². The maximum absolute atomic E-state index is 12.2. The summed E-state index contributed by atoms with van der Waals surface area (Å²) in [5.41, 5.74) is 2.14. The third-order valence-corrected chi connectivity index (χ3v) is 3.24. The Morgan fingerprint density at radius 2 is 1.76 bits per heavy atom. The minimum Gasteiger partial charge on any atom is -0.496 e. The summed E-state index contributed by atoms with van der Waals surface area (Å²) in [4.78, 5) is 23.4. The third kappa shape index (κ3) is 4.48. The molecule has 0 heterocycles. The van der Waals surface area contributed by atoms with Crippen molar-refractivity contribution >= 4 is 11.9 Å². The van der Waals surface area contributed by atoms with Crippen molar-refractivity contribution in [2.75, 3.05) is 7.11 Å². The maximum Gasteiger partial charge on any atom is 0.326 e. The van der Waals surface area contributed by atoms with E-state index in [-0.39, 0.29) is 11.8 Å². The van der Waals surface area contributed by atoms with Crippen molar-refractivity contribution < 1.29 is 19.4 Å².